The van der Waals surface area contributed by atoms with E-state index in [0.717, 1.165) is 31.6 Å². The Morgan fingerprint density at radius 1 is 1.30 bits per heavy atom. The fourth-order valence-corrected chi connectivity index (χ4v) is 1.71. The largest absolute Gasteiger partial charge is 0.355 e. The van der Waals surface area contributed by atoms with Crippen molar-refractivity contribution in [2.75, 3.05) is 13.1 Å². The van der Waals surface area contributed by atoms with E-state index < -0.39 is 0 Å². The average Bonchev–Trinajstić information content (AvgIpc) is 2.82. The number of carbonyl (C=O) groups is 1. The van der Waals surface area contributed by atoms with E-state index in [2.05, 4.69) is 34.8 Å². The molecule has 0 unspecified atom stereocenters. The van der Waals surface area contributed by atoms with E-state index in [4.69, 9.17) is 0 Å². The predicted molar refractivity (Wildman–Crippen MR) is 79.3 cm³/mol. The molecule has 114 valence electrons. The van der Waals surface area contributed by atoms with Gasteiger partial charge in [-0.25, -0.2) is 0 Å². The predicted octanol–water partition coefficient (Wildman–Crippen LogP) is 0.981. The minimum absolute atomic E-state index is 0.0270. The highest BCUT2D eigenvalue weighted by molar-refractivity contribution is 5.77. The van der Waals surface area contributed by atoms with Crippen LogP contribution in [0.3, 0.4) is 0 Å². The molecule has 1 heterocycles. The van der Waals surface area contributed by atoms with Gasteiger partial charge in [-0.05, 0) is 13.0 Å². The maximum absolute atomic E-state index is 11.4. The Kier molecular flexibility index (Phi) is 7.22. The van der Waals surface area contributed by atoms with Gasteiger partial charge in [0, 0.05) is 37.7 Å². The first-order valence-corrected chi connectivity index (χ1v) is 7.39. The second kappa shape index (κ2) is 8.68. The summed E-state index contributed by atoms with van der Waals surface area (Å²) in [6.45, 7) is 10.5. The van der Waals surface area contributed by atoms with Gasteiger partial charge in [-0.15, -0.1) is 5.10 Å². The monoisotopic (exact) mass is 281 g/mol. The molecule has 1 rings (SSSR count). The van der Waals surface area contributed by atoms with Crippen molar-refractivity contribution in [1.82, 2.24) is 25.6 Å². The van der Waals surface area contributed by atoms with Crippen LogP contribution in [-0.2, 0) is 17.8 Å². The lowest BCUT2D eigenvalue weighted by Crippen LogP contribution is -2.29. The summed E-state index contributed by atoms with van der Waals surface area (Å²) in [6, 6.07) is 0.519. The molecule has 0 aliphatic heterocycles. The van der Waals surface area contributed by atoms with Gasteiger partial charge in [-0.1, -0.05) is 32.9 Å². The lowest BCUT2D eigenvalue weighted by molar-refractivity contribution is -0.123. The second-order valence-electron chi connectivity index (χ2n) is 5.63. The van der Waals surface area contributed by atoms with Crippen LogP contribution in [0.4, 0.5) is 0 Å². The summed E-state index contributed by atoms with van der Waals surface area (Å²) in [7, 11) is 0. The standard InChI is InChI=1S/C14H27N5O/c1-11(2)14(20)16-8-6-13-10-19(18-17-13)9-5-7-15-12(3)4/h10-12,15H,5-9H2,1-4H3,(H,16,20). The number of aryl methyl sites for hydroxylation is 1. The summed E-state index contributed by atoms with van der Waals surface area (Å²) in [5.74, 6) is 0.108. The Hall–Kier alpha value is -1.43. The van der Waals surface area contributed by atoms with E-state index in [0.29, 0.717) is 12.6 Å². The van der Waals surface area contributed by atoms with Crippen molar-refractivity contribution in [3.8, 4) is 0 Å². The van der Waals surface area contributed by atoms with Crippen molar-refractivity contribution in [2.24, 2.45) is 5.92 Å². The Bertz CT molecular complexity index is 400. The molecule has 1 amide bonds. The molecule has 1 aromatic heterocycles. The molecule has 6 heteroatoms. The first-order valence-electron chi connectivity index (χ1n) is 7.39. The maximum Gasteiger partial charge on any atom is 0.222 e. The van der Waals surface area contributed by atoms with Gasteiger partial charge >= 0.3 is 0 Å². The zero-order valence-electron chi connectivity index (χ0n) is 13.0. The van der Waals surface area contributed by atoms with Crippen molar-refractivity contribution < 1.29 is 4.79 Å². The van der Waals surface area contributed by atoms with Crippen LogP contribution >= 0.6 is 0 Å². The van der Waals surface area contributed by atoms with Crippen molar-refractivity contribution in [1.29, 1.82) is 0 Å². The fourth-order valence-electron chi connectivity index (χ4n) is 1.71. The molecular weight excluding hydrogens is 254 g/mol. The third-order valence-corrected chi connectivity index (χ3v) is 2.91. The molecule has 0 saturated carbocycles. The van der Waals surface area contributed by atoms with Crippen LogP contribution in [-0.4, -0.2) is 40.0 Å². The maximum atomic E-state index is 11.4. The third-order valence-electron chi connectivity index (χ3n) is 2.91. The molecule has 1 aromatic rings. The number of hydrogen-bond donors (Lipinski definition) is 2. The van der Waals surface area contributed by atoms with Gasteiger partial charge in [-0.2, -0.15) is 0 Å². The van der Waals surface area contributed by atoms with E-state index in [9.17, 15) is 4.79 Å². The molecule has 0 aromatic carbocycles. The SMILES string of the molecule is CC(C)NCCCn1cc(CCNC(=O)C(C)C)nn1. The van der Waals surface area contributed by atoms with Crippen LogP contribution in [0, 0.1) is 5.92 Å². The second-order valence-corrected chi connectivity index (χ2v) is 5.63. The van der Waals surface area contributed by atoms with E-state index in [-0.39, 0.29) is 11.8 Å². The average molecular weight is 281 g/mol. The van der Waals surface area contributed by atoms with E-state index in [1.54, 1.807) is 0 Å². The van der Waals surface area contributed by atoms with Gasteiger partial charge in [0.25, 0.3) is 0 Å². The summed E-state index contributed by atoms with van der Waals surface area (Å²) in [5.41, 5.74) is 0.922. The highest BCUT2D eigenvalue weighted by Gasteiger charge is 2.06. The van der Waals surface area contributed by atoms with Crippen molar-refractivity contribution in [3.63, 3.8) is 0 Å². The molecule has 0 atom stereocenters. The molecule has 0 aliphatic carbocycles. The Morgan fingerprint density at radius 2 is 2.05 bits per heavy atom. The van der Waals surface area contributed by atoms with Crippen LogP contribution in [0.15, 0.2) is 6.20 Å². The van der Waals surface area contributed by atoms with Crippen LogP contribution in [0.2, 0.25) is 0 Å². The van der Waals surface area contributed by atoms with Crippen LogP contribution < -0.4 is 10.6 Å². The van der Waals surface area contributed by atoms with Crippen LogP contribution in [0.5, 0.6) is 0 Å². The summed E-state index contributed by atoms with van der Waals surface area (Å²) in [4.78, 5) is 11.4. The van der Waals surface area contributed by atoms with E-state index in [1.165, 1.54) is 0 Å². The molecule has 0 radical (unpaired) electrons. The number of rotatable bonds is 9. The van der Waals surface area contributed by atoms with Crippen LogP contribution in [0.25, 0.3) is 0 Å². The highest BCUT2D eigenvalue weighted by atomic mass is 16.1. The highest BCUT2D eigenvalue weighted by Crippen LogP contribution is 1.96. The summed E-state index contributed by atoms with van der Waals surface area (Å²) < 4.78 is 1.86. The van der Waals surface area contributed by atoms with Gasteiger partial charge in [-0.3, -0.25) is 9.48 Å². The van der Waals surface area contributed by atoms with Gasteiger partial charge in [0.1, 0.15) is 0 Å². The molecule has 0 aliphatic rings. The molecule has 20 heavy (non-hydrogen) atoms. The number of nitrogens with zero attached hydrogens (tertiary/aromatic N) is 3. The summed E-state index contributed by atoms with van der Waals surface area (Å²) in [6.07, 6.45) is 3.71. The molecule has 6 nitrogen and oxygen atoms in total. The normalized spacial score (nSPS) is 11.3. The quantitative estimate of drug-likeness (QED) is 0.662. The topological polar surface area (TPSA) is 71.8 Å². The minimum atomic E-state index is 0.0270. The number of nitrogens with one attached hydrogen (secondary N) is 2. The fraction of sp³-hybridized carbons (Fsp3) is 0.786. The van der Waals surface area contributed by atoms with E-state index >= 15 is 0 Å². The Balaban J connectivity index is 2.20. The van der Waals surface area contributed by atoms with Crippen molar-refractivity contribution in [3.05, 3.63) is 11.9 Å². The molecule has 0 fully saturated rings. The molecular formula is C14H27N5O. The lowest BCUT2D eigenvalue weighted by atomic mass is 10.2. The van der Waals surface area contributed by atoms with Gasteiger partial charge in [0.05, 0.1) is 5.69 Å². The summed E-state index contributed by atoms with van der Waals surface area (Å²) >= 11 is 0. The molecule has 0 saturated heterocycles. The first kappa shape index (κ1) is 16.6. The van der Waals surface area contributed by atoms with Gasteiger partial charge in [0.2, 0.25) is 5.91 Å². The van der Waals surface area contributed by atoms with Gasteiger partial charge in [0.15, 0.2) is 0 Å². The Morgan fingerprint density at radius 3 is 2.70 bits per heavy atom. The number of amides is 1. The number of hydrogen-bond acceptors (Lipinski definition) is 4. The lowest BCUT2D eigenvalue weighted by Gasteiger charge is -2.07. The smallest absolute Gasteiger partial charge is 0.222 e. The van der Waals surface area contributed by atoms with E-state index in [1.807, 2.05) is 24.7 Å². The molecule has 0 spiro atoms. The van der Waals surface area contributed by atoms with Crippen molar-refractivity contribution >= 4 is 5.91 Å². The summed E-state index contributed by atoms with van der Waals surface area (Å²) in [5, 5.41) is 14.5. The molecule has 0 bridgehead atoms. The van der Waals surface area contributed by atoms with Crippen molar-refractivity contribution in [2.45, 2.75) is 53.1 Å². The van der Waals surface area contributed by atoms with Crippen LogP contribution in [0.1, 0.15) is 39.8 Å². The Labute approximate surface area is 121 Å². The van der Waals surface area contributed by atoms with Gasteiger partial charge < -0.3 is 10.6 Å². The zero-order chi connectivity index (χ0) is 15.0. The minimum Gasteiger partial charge on any atom is -0.355 e. The zero-order valence-corrected chi connectivity index (χ0v) is 13.0. The first-order chi connectivity index (χ1) is 9.49. The third kappa shape index (κ3) is 6.65. The number of carbonyl (C=O) groups excluding carboxylic acids is 1. The number of aromatic nitrogens is 3. The molecule has 2 N–H and O–H groups in total.